The summed E-state index contributed by atoms with van der Waals surface area (Å²) in [5.74, 6) is 1.46. The van der Waals surface area contributed by atoms with Gasteiger partial charge < -0.3 is 5.32 Å². The molecular formula is C14H22N2O2S. The summed E-state index contributed by atoms with van der Waals surface area (Å²) in [6.45, 7) is 4.47. The molecule has 2 rings (SSSR count). The van der Waals surface area contributed by atoms with Gasteiger partial charge in [0, 0.05) is 6.04 Å². The fraction of sp³-hybridized carbons (Fsp3) is 0.571. The predicted molar refractivity (Wildman–Crippen MR) is 77.7 cm³/mol. The van der Waals surface area contributed by atoms with Crippen molar-refractivity contribution in [1.29, 1.82) is 0 Å². The first kappa shape index (κ1) is 14.3. The van der Waals surface area contributed by atoms with Gasteiger partial charge in [-0.05, 0) is 43.9 Å². The van der Waals surface area contributed by atoms with Crippen molar-refractivity contribution in [1.82, 2.24) is 4.72 Å². The average Bonchev–Trinajstić information content (AvgIpc) is 2.33. The molecule has 5 heteroatoms. The third-order valence-electron chi connectivity index (χ3n) is 3.92. The van der Waals surface area contributed by atoms with E-state index in [1.54, 1.807) is 12.1 Å². The summed E-state index contributed by atoms with van der Waals surface area (Å²) in [5, 5.41) is 3.35. The van der Waals surface area contributed by atoms with Gasteiger partial charge in [0.2, 0.25) is 10.0 Å². The maximum Gasteiger partial charge on any atom is 0.242 e. The topological polar surface area (TPSA) is 58.2 Å². The summed E-state index contributed by atoms with van der Waals surface area (Å²) in [7, 11) is -1.97. The van der Waals surface area contributed by atoms with Gasteiger partial charge in [-0.1, -0.05) is 26.0 Å². The van der Waals surface area contributed by atoms with Gasteiger partial charge in [-0.25, -0.2) is 13.1 Å². The van der Waals surface area contributed by atoms with Crippen LogP contribution >= 0.6 is 0 Å². The lowest BCUT2D eigenvalue weighted by molar-refractivity contribution is 0.211. The number of benzene rings is 1. The molecule has 19 heavy (non-hydrogen) atoms. The minimum absolute atomic E-state index is 0.325. The fourth-order valence-corrected chi connectivity index (χ4v) is 3.37. The minimum atomic E-state index is -3.40. The van der Waals surface area contributed by atoms with Crippen molar-refractivity contribution in [2.24, 2.45) is 11.8 Å². The van der Waals surface area contributed by atoms with E-state index in [9.17, 15) is 8.42 Å². The van der Waals surface area contributed by atoms with E-state index in [1.165, 1.54) is 7.05 Å². The van der Waals surface area contributed by atoms with Gasteiger partial charge in [-0.2, -0.15) is 0 Å². The number of nitrogens with one attached hydrogen (secondary N) is 2. The molecular weight excluding hydrogens is 260 g/mol. The number of rotatable bonds is 5. The van der Waals surface area contributed by atoms with Gasteiger partial charge in [-0.15, -0.1) is 0 Å². The highest BCUT2D eigenvalue weighted by atomic mass is 32.2. The highest BCUT2D eigenvalue weighted by Crippen LogP contribution is 2.36. The molecule has 0 radical (unpaired) electrons. The Kier molecular flexibility index (Phi) is 4.16. The molecule has 1 aliphatic carbocycles. The summed E-state index contributed by atoms with van der Waals surface area (Å²) in [6, 6.07) is 7.45. The predicted octanol–water partition coefficient (Wildman–Crippen LogP) is 2.44. The van der Waals surface area contributed by atoms with Crippen LogP contribution in [-0.4, -0.2) is 21.5 Å². The van der Waals surface area contributed by atoms with Crippen molar-refractivity contribution in [3.8, 4) is 0 Å². The van der Waals surface area contributed by atoms with Crippen molar-refractivity contribution < 1.29 is 8.42 Å². The number of hydrogen-bond donors (Lipinski definition) is 2. The van der Waals surface area contributed by atoms with E-state index in [1.807, 2.05) is 12.1 Å². The molecule has 0 spiro atoms. The van der Waals surface area contributed by atoms with E-state index >= 15 is 0 Å². The van der Waals surface area contributed by atoms with E-state index in [0.29, 0.717) is 22.5 Å². The molecule has 2 N–H and O–H groups in total. The second kappa shape index (κ2) is 5.51. The Balaban J connectivity index is 2.10. The van der Waals surface area contributed by atoms with Crippen LogP contribution in [0.4, 0.5) is 5.69 Å². The third kappa shape index (κ3) is 3.09. The lowest BCUT2D eigenvalue weighted by atomic mass is 9.73. The molecule has 106 valence electrons. The zero-order valence-corrected chi connectivity index (χ0v) is 12.5. The Morgan fingerprint density at radius 2 is 1.84 bits per heavy atom. The minimum Gasteiger partial charge on any atom is -0.381 e. The Bertz CT molecular complexity index is 534. The van der Waals surface area contributed by atoms with Crippen LogP contribution in [0.25, 0.3) is 0 Å². The zero-order valence-electron chi connectivity index (χ0n) is 11.7. The smallest absolute Gasteiger partial charge is 0.242 e. The van der Waals surface area contributed by atoms with Crippen LogP contribution in [0.1, 0.15) is 26.7 Å². The molecule has 0 heterocycles. The van der Waals surface area contributed by atoms with E-state index in [0.717, 1.165) is 18.8 Å². The first-order valence-electron chi connectivity index (χ1n) is 6.73. The number of para-hydroxylation sites is 1. The first-order valence-corrected chi connectivity index (χ1v) is 8.21. The zero-order chi connectivity index (χ0) is 14.0. The standard InChI is InChI=1S/C14H22N2O2S/c1-10(2)11-8-12(9-11)16-13-6-4-5-7-14(13)19(17,18)15-3/h4-7,10-12,15-16H,8-9H2,1-3H3. The molecule has 0 atom stereocenters. The first-order chi connectivity index (χ1) is 8.94. The van der Waals surface area contributed by atoms with Gasteiger partial charge in [0.1, 0.15) is 4.90 Å². The van der Waals surface area contributed by atoms with E-state index in [4.69, 9.17) is 0 Å². The molecule has 1 aliphatic rings. The quantitative estimate of drug-likeness (QED) is 0.872. The fourth-order valence-electron chi connectivity index (χ4n) is 2.47. The molecule has 0 amide bonds. The molecule has 0 unspecified atom stereocenters. The van der Waals surface area contributed by atoms with E-state index < -0.39 is 10.0 Å². The van der Waals surface area contributed by atoms with Gasteiger partial charge in [-0.3, -0.25) is 0 Å². The van der Waals surface area contributed by atoms with Gasteiger partial charge in [0.15, 0.2) is 0 Å². The third-order valence-corrected chi connectivity index (χ3v) is 5.39. The Morgan fingerprint density at radius 1 is 1.21 bits per heavy atom. The van der Waals surface area contributed by atoms with Crippen LogP contribution in [0.3, 0.4) is 0 Å². The number of anilines is 1. The van der Waals surface area contributed by atoms with Crippen LogP contribution in [0.5, 0.6) is 0 Å². The van der Waals surface area contributed by atoms with Crippen LogP contribution in [0, 0.1) is 11.8 Å². The van der Waals surface area contributed by atoms with Crippen molar-refractivity contribution in [2.75, 3.05) is 12.4 Å². The van der Waals surface area contributed by atoms with Crippen molar-refractivity contribution in [2.45, 2.75) is 37.6 Å². The largest absolute Gasteiger partial charge is 0.381 e. The van der Waals surface area contributed by atoms with Crippen molar-refractivity contribution in [3.63, 3.8) is 0 Å². The highest BCUT2D eigenvalue weighted by Gasteiger charge is 2.31. The van der Waals surface area contributed by atoms with E-state index in [-0.39, 0.29) is 0 Å². The van der Waals surface area contributed by atoms with Gasteiger partial charge in [0.05, 0.1) is 5.69 Å². The molecule has 1 fully saturated rings. The molecule has 0 bridgehead atoms. The van der Waals surface area contributed by atoms with Gasteiger partial charge in [0.25, 0.3) is 0 Å². The summed E-state index contributed by atoms with van der Waals surface area (Å²) < 4.78 is 26.2. The van der Waals surface area contributed by atoms with Crippen molar-refractivity contribution in [3.05, 3.63) is 24.3 Å². The summed E-state index contributed by atoms with van der Waals surface area (Å²) >= 11 is 0. The SMILES string of the molecule is CNS(=O)(=O)c1ccccc1NC1CC(C(C)C)C1. The lowest BCUT2D eigenvalue weighted by Gasteiger charge is -2.39. The second-order valence-electron chi connectivity index (χ2n) is 5.52. The Labute approximate surface area is 115 Å². The molecule has 4 nitrogen and oxygen atoms in total. The molecule has 1 aromatic rings. The average molecular weight is 282 g/mol. The molecule has 0 saturated heterocycles. The maximum atomic E-state index is 11.9. The van der Waals surface area contributed by atoms with Crippen LogP contribution in [0.15, 0.2) is 29.2 Å². The summed E-state index contributed by atoms with van der Waals surface area (Å²) in [5.41, 5.74) is 0.698. The molecule has 1 aromatic carbocycles. The van der Waals surface area contributed by atoms with Crippen molar-refractivity contribution >= 4 is 15.7 Å². The monoisotopic (exact) mass is 282 g/mol. The molecule has 0 aromatic heterocycles. The Morgan fingerprint density at radius 3 is 2.42 bits per heavy atom. The normalized spacial score (nSPS) is 23.2. The molecule has 1 saturated carbocycles. The summed E-state index contributed by atoms with van der Waals surface area (Å²) in [4.78, 5) is 0.325. The number of sulfonamides is 1. The summed E-state index contributed by atoms with van der Waals surface area (Å²) in [6.07, 6.45) is 2.23. The lowest BCUT2D eigenvalue weighted by Crippen LogP contribution is -2.38. The second-order valence-corrected chi connectivity index (χ2v) is 7.38. The maximum absolute atomic E-state index is 11.9. The molecule has 0 aliphatic heterocycles. The van der Waals surface area contributed by atoms with Crippen LogP contribution in [0.2, 0.25) is 0 Å². The Hall–Kier alpha value is -1.07. The highest BCUT2D eigenvalue weighted by molar-refractivity contribution is 7.89. The van der Waals surface area contributed by atoms with E-state index in [2.05, 4.69) is 23.9 Å². The van der Waals surface area contributed by atoms with Crippen LogP contribution < -0.4 is 10.0 Å². The number of hydrogen-bond acceptors (Lipinski definition) is 3. The van der Waals surface area contributed by atoms with Crippen LogP contribution in [-0.2, 0) is 10.0 Å². The van der Waals surface area contributed by atoms with Gasteiger partial charge >= 0.3 is 0 Å².